The van der Waals surface area contributed by atoms with Crippen molar-refractivity contribution in [1.29, 1.82) is 0 Å². The first-order valence-electron chi connectivity index (χ1n) is 8.63. The maximum Gasteiger partial charge on any atom is 0.124 e. The molecule has 4 nitrogen and oxygen atoms in total. The van der Waals surface area contributed by atoms with Crippen LogP contribution in [-0.2, 0) is 9.78 Å². The molecule has 0 saturated carbocycles. The van der Waals surface area contributed by atoms with Gasteiger partial charge in [-0.05, 0) is 31.6 Å². The topological polar surface area (TPSA) is 58.9 Å². The van der Waals surface area contributed by atoms with Gasteiger partial charge in [0.05, 0.1) is 6.61 Å². The lowest BCUT2D eigenvalue weighted by molar-refractivity contribution is -0.430. The molecule has 1 heterocycles. The van der Waals surface area contributed by atoms with Crippen molar-refractivity contribution in [1.82, 2.24) is 0 Å². The molecule has 1 fully saturated rings. The average molecular weight is 302 g/mol. The van der Waals surface area contributed by atoms with Gasteiger partial charge in [0.1, 0.15) is 17.8 Å². The van der Waals surface area contributed by atoms with E-state index in [-0.39, 0.29) is 18.1 Å². The molecule has 0 aromatic heterocycles. The number of aliphatic hydroxyl groups is 2. The lowest BCUT2D eigenvalue weighted by atomic mass is 9.78. The maximum absolute atomic E-state index is 9.84. The Morgan fingerprint density at radius 2 is 2.00 bits per heavy atom. The highest BCUT2D eigenvalue weighted by atomic mass is 17.2. The largest absolute Gasteiger partial charge is 0.394 e. The zero-order valence-electron chi connectivity index (χ0n) is 14.2. The van der Waals surface area contributed by atoms with Crippen LogP contribution in [0.2, 0.25) is 0 Å². The van der Waals surface area contributed by atoms with Crippen molar-refractivity contribution >= 4 is 0 Å². The van der Waals surface area contributed by atoms with Gasteiger partial charge in [0.25, 0.3) is 0 Å². The minimum Gasteiger partial charge on any atom is -0.394 e. The second kappa shape index (κ2) is 9.09. The fraction of sp³-hybridized carbons (Fsp3) is 1.00. The molecular formula is C17H34O4. The summed E-state index contributed by atoms with van der Waals surface area (Å²) >= 11 is 0. The van der Waals surface area contributed by atoms with Crippen LogP contribution in [0.5, 0.6) is 0 Å². The van der Waals surface area contributed by atoms with E-state index in [2.05, 4.69) is 27.7 Å². The number of hydrogen-bond donors (Lipinski definition) is 2. The third-order valence-electron chi connectivity index (χ3n) is 4.87. The maximum atomic E-state index is 9.84. The Balaban J connectivity index is 2.62. The van der Waals surface area contributed by atoms with Gasteiger partial charge in [-0.1, -0.05) is 52.9 Å². The van der Waals surface area contributed by atoms with E-state index in [1.165, 1.54) is 25.7 Å². The van der Waals surface area contributed by atoms with E-state index in [1.54, 1.807) is 0 Å². The second-order valence-corrected chi connectivity index (χ2v) is 6.84. The standard InChI is InChI=1S/C17H34O4/c1-5-8-9-13(6-2)10-17(4)11-14(7-3)16(20-21-17)15(19)12-18/h13-16,18-19H,5-12H2,1-4H3/t13-,14+,15+,16-,17-/m0/s1. The van der Waals surface area contributed by atoms with E-state index in [0.717, 1.165) is 19.3 Å². The fourth-order valence-electron chi connectivity index (χ4n) is 3.49. The number of unbranched alkanes of at least 4 members (excludes halogenated alkanes) is 1. The minimum atomic E-state index is -0.860. The van der Waals surface area contributed by atoms with Crippen LogP contribution in [0.25, 0.3) is 0 Å². The van der Waals surface area contributed by atoms with Gasteiger partial charge in [-0.25, -0.2) is 9.78 Å². The third kappa shape index (κ3) is 5.51. The van der Waals surface area contributed by atoms with Crippen molar-refractivity contribution in [2.45, 2.75) is 90.4 Å². The summed E-state index contributed by atoms with van der Waals surface area (Å²) in [5.41, 5.74) is -0.277. The zero-order chi connectivity index (χ0) is 15.9. The highest BCUT2D eigenvalue weighted by Crippen LogP contribution is 2.39. The van der Waals surface area contributed by atoms with Gasteiger partial charge in [-0.15, -0.1) is 0 Å². The van der Waals surface area contributed by atoms with E-state index in [9.17, 15) is 5.11 Å². The summed E-state index contributed by atoms with van der Waals surface area (Å²) in [6.45, 7) is 8.40. The summed E-state index contributed by atoms with van der Waals surface area (Å²) in [5.74, 6) is 0.893. The van der Waals surface area contributed by atoms with Crippen molar-refractivity contribution in [3.05, 3.63) is 0 Å². The zero-order valence-corrected chi connectivity index (χ0v) is 14.2. The molecule has 1 aliphatic heterocycles. The Morgan fingerprint density at radius 3 is 2.52 bits per heavy atom. The predicted octanol–water partition coefficient (Wildman–Crippen LogP) is 3.45. The molecule has 0 aromatic carbocycles. The SMILES string of the molecule is CCCC[C@H](CC)C[C@@]1(C)C[C@@H](CC)[C@@H]([C@H](O)CO)OO1. The van der Waals surface area contributed by atoms with Gasteiger partial charge in [0.15, 0.2) is 0 Å². The molecule has 0 aliphatic carbocycles. The van der Waals surface area contributed by atoms with E-state index >= 15 is 0 Å². The Hall–Kier alpha value is -0.160. The number of aliphatic hydroxyl groups excluding tert-OH is 2. The van der Waals surface area contributed by atoms with Crippen LogP contribution < -0.4 is 0 Å². The van der Waals surface area contributed by atoms with Crippen molar-refractivity contribution in [2.24, 2.45) is 11.8 Å². The first kappa shape index (κ1) is 18.9. The Labute approximate surface area is 129 Å². The molecule has 0 amide bonds. The molecule has 5 atom stereocenters. The molecule has 1 rings (SSSR count). The molecule has 1 aliphatic rings. The first-order valence-corrected chi connectivity index (χ1v) is 8.63. The van der Waals surface area contributed by atoms with Crippen LogP contribution in [0.3, 0.4) is 0 Å². The highest BCUT2D eigenvalue weighted by molar-refractivity contribution is 4.88. The summed E-state index contributed by atoms with van der Waals surface area (Å²) in [6.07, 6.45) is 6.43. The molecule has 0 spiro atoms. The van der Waals surface area contributed by atoms with E-state index in [0.29, 0.717) is 5.92 Å². The quantitative estimate of drug-likeness (QED) is 0.640. The van der Waals surface area contributed by atoms with E-state index in [1.807, 2.05) is 0 Å². The molecule has 0 aromatic rings. The van der Waals surface area contributed by atoms with Crippen LogP contribution >= 0.6 is 0 Å². The van der Waals surface area contributed by atoms with Crippen molar-refractivity contribution in [3.63, 3.8) is 0 Å². The van der Waals surface area contributed by atoms with Gasteiger partial charge in [0, 0.05) is 0 Å². The highest BCUT2D eigenvalue weighted by Gasteiger charge is 2.43. The van der Waals surface area contributed by atoms with Crippen molar-refractivity contribution in [3.8, 4) is 0 Å². The summed E-state index contributed by atoms with van der Waals surface area (Å²) in [6, 6.07) is 0. The number of rotatable bonds is 9. The third-order valence-corrected chi connectivity index (χ3v) is 4.87. The fourth-order valence-corrected chi connectivity index (χ4v) is 3.49. The van der Waals surface area contributed by atoms with Gasteiger partial charge in [-0.3, -0.25) is 0 Å². The van der Waals surface area contributed by atoms with Crippen LogP contribution in [0, 0.1) is 11.8 Å². The normalized spacial score (nSPS) is 32.9. The van der Waals surface area contributed by atoms with Gasteiger partial charge in [0.2, 0.25) is 0 Å². The molecule has 126 valence electrons. The van der Waals surface area contributed by atoms with E-state index in [4.69, 9.17) is 14.9 Å². The van der Waals surface area contributed by atoms with Crippen LogP contribution in [0.4, 0.5) is 0 Å². The molecule has 4 heteroatoms. The van der Waals surface area contributed by atoms with Gasteiger partial charge in [-0.2, -0.15) is 0 Å². The first-order chi connectivity index (χ1) is 9.99. The Bertz CT molecular complexity index is 284. The summed E-state index contributed by atoms with van der Waals surface area (Å²) in [4.78, 5) is 11.2. The molecule has 21 heavy (non-hydrogen) atoms. The molecule has 0 radical (unpaired) electrons. The van der Waals surface area contributed by atoms with E-state index < -0.39 is 12.2 Å². The summed E-state index contributed by atoms with van der Waals surface area (Å²) in [5, 5.41) is 19.0. The Kier molecular flexibility index (Phi) is 8.17. The smallest absolute Gasteiger partial charge is 0.124 e. The molecule has 0 unspecified atom stereocenters. The van der Waals surface area contributed by atoms with Gasteiger partial charge >= 0.3 is 0 Å². The van der Waals surface area contributed by atoms with Crippen molar-refractivity contribution < 1.29 is 20.0 Å². The van der Waals surface area contributed by atoms with Crippen LogP contribution in [-0.4, -0.2) is 34.6 Å². The average Bonchev–Trinajstić information content (AvgIpc) is 2.50. The second-order valence-electron chi connectivity index (χ2n) is 6.84. The number of hydrogen-bond acceptors (Lipinski definition) is 4. The minimum absolute atomic E-state index is 0.231. The van der Waals surface area contributed by atoms with Crippen LogP contribution in [0.1, 0.15) is 72.6 Å². The summed E-state index contributed by atoms with van der Waals surface area (Å²) in [7, 11) is 0. The predicted molar refractivity (Wildman–Crippen MR) is 83.8 cm³/mol. The molecular weight excluding hydrogens is 268 g/mol. The monoisotopic (exact) mass is 302 g/mol. The molecule has 2 N–H and O–H groups in total. The molecule has 0 bridgehead atoms. The lowest BCUT2D eigenvalue weighted by Crippen LogP contribution is -2.49. The van der Waals surface area contributed by atoms with Gasteiger partial charge < -0.3 is 10.2 Å². The Morgan fingerprint density at radius 1 is 1.29 bits per heavy atom. The molecule has 1 saturated heterocycles. The van der Waals surface area contributed by atoms with Crippen molar-refractivity contribution in [2.75, 3.05) is 6.61 Å². The van der Waals surface area contributed by atoms with Crippen LogP contribution in [0.15, 0.2) is 0 Å². The lowest BCUT2D eigenvalue weighted by Gasteiger charge is -2.43. The summed E-state index contributed by atoms with van der Waals surface area (Å²) < 4.78 is 0.